The van der Waals surface area contributed by atoms with E-state index in [0.717, 1.165) is 5.56 Å². The van der Waals surface area contributed by atoms with Crippen molar-refractivity contribution in [3.8, 4) is 17.2 Å². The van der Waals surface area contributed by atoms with E-state index in [9.17, 15) is 13.2 Å². The summed E-state index contributed by atoms with van der Waals surface area (Å²) < 4.78 is 44.9. The number of fused-ring (bicyclic) bond motifs is 1. The van der Waals surface area contributed by atoms with Crippen LogP contribution in [0.15, 0.2) is 65.7 Å². The van der Waals surface area contributed by atoms with Crippen LogP contribution < -0.4 is 18.9 Å². The smallest absolute Gasteiger partial charge is 0.279 e. The van der Waals surface area contributed by atoms with E-state index in [1.54, 1.807) is 48.7 Å². The van der Waals surface area contributed by atoms with Crippen LogP contribution in [0.5, 0.6) is 17.2 Å². The van der Waals surface area contributed by atoms with E-state index in [4.69, 9.17) is 14.2 Å². The molecule has 8 nitrogen and oxygen atoms in total. The lowest BCUT2D eigenvalue weighted by Crippen LogP contribution is -2.37. The molecule has 178 valence electrons. The van der Waals surface area contributed by atoms with E-state index in [2.05, 4.69) is 9.71 Å². The number of pyridine rings is 1. The maximum absolute atomic E-state index is 13.3. The molecule has 1 N–H and O–H groups in total. The Morgan fingerprint density at radius 1 is 1.06 bits per heavy atom. The summed E-state index contributed by atoms with van der Waals surface area (Å²) in [5.41, 5.74) is 2.06. The van der Waals surface area contributed by atoms with Crippen LogP contribution in [0.4, 0.5) is 0 Å². The van der Waals surface area contributed by atoms with E-state index in [0.29, 0.717) is 34.9 Å². The summed E-state index contributed by atoms with van der Waals surface area (Å²) in [7, 11) is -4.13. The molecule has 1 atom stereocenters. The minimum atomic E-state index is -4.13. The molecular weight excluding hydrogens is 456 g/mol. The summed E-state index contributed by atoms with van der Waals surface area (Å²) in [5, 5.41) is 0. The van der Waals surface area contributed by atoms with E-state index in [1.165, 1.54) is 12.1 Å². The van der Waals surface area contributed by atoms with Gasteiger partial charge in [0.05, 0.1) is 10.6 Å². The third-order valence-electron chi connectivity index (χ3n) is 5.46. The molecule has 0 saturated carbocycles. The van der Waals surface area contributed by atoms with Crippen molar-refractivity contribution in [2.24, 2.45) is 0 Å². The average molecular weight is 483 g/mol. The van der Waals surface area contributed by atoms with Gasteiger partial charge in [0.15, 0.2) is 11.5 Å². The number of nitrogens with one attached hydrogen (secondary N) is 1. The molecule has 1 amide bonds. The number of hydrogen-bond donors (Lipinski definition) is 1. The van der Waals surface area contributed by atoms with Crippen molar-refractivity contribution in [1.82, 2.24) is 9.71 Å². The molecule has 0 bridgehead atoms. The molecule has 0 spiro atoms. The number of carbonyl (C=O) groups excluding carboxylic acids is 1. The molecule has 2 heterocycles. The first-order chi connectivity index (χ1) is 16.3. The topological polar surface area (TPSA) is 104 Å². The second-order valence-corrected chi connectivity index (χ2v) is 9.79. The van der Waals surface area contributed by atoms with Crippen LogP contribution >= 0.6 is 0 Å². The van der Waals surface area contributed by atoms with Crippen molar-refractivity contribution < 1.29 is 27.4 Å². The zero-order chi connectivity index (χ0) is 24.3. The molecule has 1 aliphatic rings. The first-order valence-corrected chi connectivity index (χ1v) is 12.4. The molecule has 0 fully saturated rings. The predicted octanol–water partition coefficient (Wildman–Crippen LogP) is 4.12. The Balaban J connectivity index is 1.65. The minimum Gasteiger partial charge on any atom is -0.474 e. The Hall–Kier alpha value is -3.59. The van der Waals surface area contributed by atoms with E-state index in [1.807, 2.05) is 20.8 Å². The van der Waals surface area contributed by atoms with Gasteiger partial charge in [0.25, 0.3) is 15.9 Å². The number of amides is 1. The van der Waals surface area contributed by atoms with Gasteiger partial charge >= 0.3 is 0 Å². The molecule has 4 rings (SSSR count). The van der Waals surface area contributed by atoms with Crippen LogP contribution in [-0.2, 0) is 21.2 Å². The van der Waals surface area contributed by atoms with Crippen molar-refractivity contribution in [1.29, 1.82) is 0 Å². The summed E-state index contributed by atoms with van der Waals surface area (Å²) in [6, 6.07) is 14.7. The Morgan fingerprint density at radius 2 is 1.76 bits per heavy atom. The molecular formula is C25H26N2O6S. The fraction of sp³-hybridized carbons (Fsp3) is 0.280. The van der Waals surface area contributed by atoms with Crippen LogP contribution in [0, 0.1) is 0 Å². The maximum Gasteiger partial charge on any atom is 0.279 e. The molecule has 2 aromatic carbocycles. The number of rotatable bonds is 8. The maximum atomic E-state index is 13.3. The standard InChI is InChI=1S/C25H26N2O6S/c1-4-20-21(6-5-13-26-20)33-24(18-9-12-22-23(14-18)32-15-31-22)25(28)27-34(29,30)19-10-7-17(8-11-19)16(2)3/h5-14,16,24H,4,15H2,1-3H3,(H,27,28). The number of aryl methyl sites for hydroxylation is 1. The highest BCUT2D eigenvalue weighted by molar-refractivity contribution is 7.90. The molecule has 0 saturated heterocycles. The van der Waals surface area contributed by atoms with Crippen molar-refractivity contribution in [3.05, 3.63) is 77.6 Å². The number of hydrogen-bond acceptors (Lipinski definition) is 7. The number of benzene rings is 2. The third-order valence-corrected chi connectivity index (χ3v) is 6.82. The first kappa shape index (κ1) is 23.6. The first-order valence-electron chi connectivity index (χ1n) is 10.9. The average Bonchev–Trinajstić information content (AvgIpc) is 3.30. The SMILES string of the molecule is CCc1ncccc1OC(C(=O)NS(=O)(=O)c1ccc(C(C)C)cc1)c1ccc2c(c1)OCO2. The number of sulfonamides is 1. The number of nitrogens with zero attached hydrogens (tertiary/aromatic N) is 1. The fourth-order valence-corrected chi connectivity index (χ4v) is 4.53. The van der Waals surface area contributed by atoms with Gasteiger partial charge in [0, 0.05) is 11.8 Å². The highest BCUT2D eigenvalue weighted by atomic mass is 32.2. The second kappa shape index (κ2) is 9.72. The number of carbonyl (C=O) groups is 1. The molecule has 9 heteroatoms. The predicted molar refractivity (Wildman–Crippen MR) is 125 cm³/mol. The highest BCUT2D eigenvalue weighted by Gasteiger charge is 2.30. The molecule has 34 heavy (non-hydrogen) atoms. The van der Waals surface area contributed by atoms with Crippen molar-refractivity contribution >= 4 is 15.9 Å². The number of ether oxygens (including phenoxy) is 3. The minimum absolute atomic E-state index is 0.00897. The molecule has 0 aliphatic carbocycles. The van der Waals surface area contributed by atoms with E-state index >= 15 is 0 Å². The van der Waals surface area contributed by atoms with E-state index in [-0.39, 0.29) is 17.6 Å². The fourth-order valence-electron chi connectivity index (χ4n) is 3.55. The lowest BCUT2D eigenvalue weighted by molar-refractivity contribution is -0.126. The molecule has 3 aromatic rings. The lowest BCUT2D eigenvalue weighted by Gasteiger charge is -2.20. The quantitative estimate of drug-likeness (QED) is 0.515. The Morgan fingerprint density at radius 3 is 2.47 bits per heavy atom. The van der Waals surface area contributed by atoms with Crippen molar-refractivity contribution in [2.75, 3.05) is 6.79 Å². The van der Waals surface area contributed by atoms with Gasteiger partial charge in [-0.3, -0.25) is 9.78 Å². The third kappa shape index (κ3) is 4.99. The van der Waals surface area contributed by atoms with Crippen LogP contribution in [0.25, 0.3) is 0 Å². The van der Waals surface area contributed by atoms with Gasteiger partial charge < -0.3 is 14.2 Å². The lowest BCUT2D eigenvalue weighted by atomic mass is 10.0. The largest absolute Gasteiger partial charge is 0.474 e. The van der Waals surface area contributed by atoms with Crippen molar-refractivity contribution in [3.63, 3.8) is 0 Å². The van der Waals surface area contributed by atoms with Gasteiger partial charge in [0.2, 0.25) is 12.9 Å². The second-order valence-electron chi connectivity index (χ2n) is 8.11. The molecule has 0 radical (unpaired) electrons. The van der Waals surface area contributed by atoms with Crippen LogP contribution in [-0.4, -0.2) is 26.1 Å². The van der Waals surface area contributed by atoms with Gasteiger partial charge in [-0.15, -0.1) is 0 Å². The summed E-state index contributed by atoms with van der Waals surface area (Å²) >= 11 is 0. The van der Waals surface area contributed by atoms with Gasteiger partial charge in [-0.05, 0) is 54.3 Å². The molecule has 1 aliphatic heterocycles. The van der Waals surface area contributed by atoms with Crippen LogP contribution in [0.1, 0.15) is 49.6 Å². The van der Waals surface area contributed by atoms with Crippen LogP contribution in [0.3, 0.4) is 0 Å². The Labute approximate surface area is 198 Å². The van der Waals surface area contributed by atoms with Gasteiger partial charge in [-0.1, -0.05) is 39.0 Å². The monoisotopic (exact) mass is 482 g/mol. The van der Waals surface area contributed by atoms with Crippen molar-refractivity contribution in [2.45, 2.75) is 44.1 Å². The Bertz CT molecular complexity index is 1290. The van der Waals surface area contributed by atoms with E-state index < -0.39 is 22.0 Å². The van der Waals surface area contributed by atoms with Gasteiger partial charge in [-0.2, -0.15) is 0 Å². The Kier molecular flexibility index (Phi) is 6.74. The summed E-state index contributed by atoms with van der Waals surface area (Å²) in [4.78, 5) is 17.6. The molecule has 1 unspecified atom stereocenters. The highest BCUT2D eigenvalue weighted by Crippen LogP contribution is 2.36. The van der Waals surface area contributed by atoms with Crippen LogP contribution in [0.2, 0.25) is 0 Å². The zero-order valence-electron chi connectivity index (χ0n) is 19.1. The summed E-state index contributed by atoms with van der Waals surface area (Å²) in [5.74, 6) is 0.797. The summed E-state index contributed by atoms with van der Waals surface area (Å²) in [6.07, 6.45) is 0.937. The van der Waals surface area contributed by atoms with Gasteiger partial charge in [-0.25, -0.2) is 13.1 Å². The zero-order valence-corrected chi connectivity index (χ0v) is 20.0. The molecule has 1 aromatic heterocycles. The normalized spacial score (nSPS) is 13.5. The summed E-state index contributed by atoms with van der Waals surface area (Å²) in [6.45, 7) is 6.01. The number of aromatic nitrogens is 1. The van der Waals surface area contributed by atoms with Gasteiger partial charge in [0.1, 0.15) is 5.75 Å².